The van der Waals surface area contributed by atoms with Gasteiger partial charge in [0.05, 0.1) is 9.95 Å². The van der Waals surface area contributed by atoms with Crippen LogP contribution in [-0.2, 0) is 0 Å². The third kappa shape index (κ3) is 4.07. The van der Waals surface area contributed by atoms with E-state index in [1.807, 2.05) is 0 Å². The van der Waals surface area contributed by atoms with Crippen molar-refractivity contribution < 1.29 is 9.72 Å². The zero-order valence-electron chi connectivity index (χ0n) is 13.3. The number of amides is 1. The van der Waals surface area contributed by atoms with Crippen molar-refractivity contribution in [3.63, 3.8) is 0 Å². The molecule has 0 aliphatic carbocycles. The Morgan fingerprint density at radius 1 is 1.12 bits per heavy atom. The van der Waals surface area contributed by atoms with Gasteiger partial charge in [0, 0.05) is 46.0 Å². The van der Waals surface area contributed by atoms with Crippen LogP contribution in [0.5, 0.6) is 0 Å². The quantitative estimate of drug-likeness (QED) is 0.342. The van der Waals surface area contributed by atoms with Crippen LogP contribution < -0.4 is 10.6 Å². The van der Waals surface area contributed by atoms with E-state index in [0.717, 1.165) is 15.8 Å². The van der Waals surface area contributed by atoms with Gasteiger partial charge in [0.1, 0.15) is 4.88 Å². The lowest BCUT2D eigenvalue weighted by Crippen LogP contribution is -2.28. The summed E-state index contributed by atoms with van der Waals surface area (Å²) in [6.07, 6.45) is 0. The second kappa shape index (κ2) is 7.90. The summed E-state index contributed by atoms with van der Waals surface area (Å²) >= 11 is 13.5. The molecule has 0 radical (unpaired) electrons. The maximum Gasteiger partial charge on any atom is 0.269 e. The van der Waals surface area contributed by atoms with E-state index in [1.54, 1.807) is 30.3 Å². The molecule has 0 aliphatic rings. The molecule has 1 aromatic heterocycles. The number of thiophene rings is 1. The number of nitro groups is 1. The highest BCUT2D eigenvalue weighted by atomic mass is 35.5. The van der Waals surface area contributed by atoms with Crippen molar-refractivity contribution in [3.8, 4) is 0 Å². The molecule has 0 spiro atoms. The minimum absolute atomic E-state index is 0.0309. The van der Waals surface area contributed by atoms with E-state index in [0.29, 0.717) is 28.0 Å². The Hall–Kier alpha value is -2.35. The predicted octanol–water partition coefficient (Wildman–Crippen LogP) is 4.96. The first-order valence-electron chi connectivity index (χ1n) is 7.60. The maximum absolute atomic E-state index is 12.3. The molecule has 134 valence electrons. The van der Waals surface area contributed by atoms with Crippen molar-refractivity contribution in [2.45, 2.75) is 0 Å². The van der Waals surface area contributed by atoms with E-state index in [-0.39, 0.29) is 11.6 Å². The fourth-order valence-electron chi connectivity index (χ4n) is 2.35. The average Bonchev–Trinajstić information content (AvgIpc) is 2.95. The van der Waals surface area contributed by atoms with Gasteiger partial charge >= 0.3 is 0 Å². The number of anilines is 1. The van der Waals surface area contributed by atoms with Gasteiger partial charge < -0.3 is 10.6 Å². The molecule has 0 saturated heterocycles. The van der Waals surface area contributed by atoms with Crippen LogP contribution >= 0.6 is 34.5 Å². The maximum atomic E-state index is 12.3. The molecular weight excluding hydrogens is 397 g/mol. The van der Waals surface area contributed by atoms with E-state index >= 15 is 0 Å². The van der Waals surface area contributed by atoms with Crippen LogP contribution in [0.3, 0.4) is 0 Å². The number of fused-ring (bicyclic) bond motifs is 1. The molecule has 0 fully saturated rings. The molecule has 0 unspecified atom stereocenters. The summed E-state index contributed by atoms with van der Waals surface area (Å²) in [7, 11) is 0. The highest BCUT2D eigenvalue weighted by Gasteiger charge is 2.16. The Morgan fingerprint density at radius 3 is 2.54 bits per heavy atom. The van der Waals surface area contributed by atoms with Crippen molar-refractivity contribution >= 4 is 61.9 Å². The van der Waals surface area contributed by atoms with Gasteiger partial charge in [0.15, 0.2) is 0 Å². The highest BCUT2D eigenvalue weighted by Crippen LogP contribution is 2.36. The number of carbonyl (C=O) groups excluding carboxylic acids is 1. The molecule has 3 aromatic rings. The molecule has 0 saturated carbocycles. The summed E-state index contributed by atoms with van der Waals surface area (Å²) in [6, 6.07) is 11.4. The molecule has 0 aliphatic heterocycles. The van der Waals surface area contributed by atoms with Gasteiger partial charge in [-0.3, -0.25) is 14.9 Å². The third-order valence-corrected chi connectivity index (χ3v) is 5.51. The summed E-state index contributed by atoms with van der Waals surface area (Å²) in [5, 5.41) is 18.3. The zero-order chi connectivity index (χ0) is 18.7. The largest absolute Gasteiger partial charge is 0.383 e. The van der Waals surface area contributed by atoms with E-state index < -0.39 is 4.92 Å². The Balaban J connectivity index is 1.56. The number of nitro benzene ring substituents is 1. The monoisotopic (exact) mass is 409 g/mol. The Labute approximate surface area is 162 Å². The van der Waals surface area contributed by atoms with Crippen LogP contribution in [0.25, 0.3) is 10.1 Å². The molecule has 3 rings (SSSR count). The molecule has 26 heavy (non-hydrogen) atoms. The third-order valence-electron chi connectivity index (χ3n) is 3.62. The van der Waals surface area contributed by atoms with Crippen LogP contribution in [0.2, 0.25) is 10.0 Å². The van der Waals surface area contributed by atoms with E-state index in [2.05, 4.69) is 10.6 Å². The van der Waals surface area contributed by atoms with Crippen LogP contribution in [0, 0.1) is 10.1 Å². The number of halogens is 2. The van der Waals surface area contributed by atoms with Crippen LogP contribution in [-0.4, -0.2) is 23.9 Å². The molecule has 2 N–H and O–H groups in total. The summed E-state index contributed by atoms with van der Waals surface area (Å²) in [5.41, 5.74) is 0.766. The van der Waals surface area contributed by atoms with Gasteiger partial charge in [0.2, 0.25) is 0 Å². The number of hydrogen-bond donors (Lipinski definition) is 2. The van der Waals surface area contributed by atoms with Gasteiger partial charge in [-0.1, -0.05) is 29.3 Å². The SMILES string of the molecule is O=C(NCCNc1ccc([N+](=O)[O-])cc1)c1sc2cc(Cl)ccc2c1Cl. The Bertz CT molecular complexity index is 973. The number of carbonyl (C=O) groups is 1. The number of benzene rings is 2. The fourth-order valence-corrected chi connectivity index (χ4v) is 4.06. The number of non-ortho nitro benzene ring substituents is 1. The lowest BCUT2D eigenvalue weighted by atomic mass is 10.2. The number of rotatable bonds is 6. The summed E-state index contributed by atoms with van der Waals surface area (Å²) in [6.45, 7) is 0.846. The minimum atomic E-state index is -0.452. The van der Waals surface area contributed by atoms with Crippen molar-refractivity contribution in [1.29, 1.82) is 0 Å². The Morgan fingerprint density at radius 2 is 1.85 bits per heavy atom. The van der Waals surface area contributed by atoms with Crippen molar-refractivity contribution in [2.75, 3.05) is 18.4 Å². The van der Waals surface area contributed by atoms with Gasteiger partial charge in [-0.2, -0.15) is 0 Å². The summed E-state index contributed by atoms with van der Waals surface area (Å²) in [5.74, 6) is -0.252. The van der Waals surface area contributed by atoms with Gasteiger partial charge in [-0.05, 0) is 24.3 Å². The van der Waals surface area contributed by atoms with Crippen molar-refractivity contribution in [3.05, 3.63) is 67.5 Å². The van der Waals surface area contributed by atoms with Gasteiger partial charge in [-0.15, -0.1) is 11.3 Å². The molecule has 2 aromatic carbocycles. The normalized spacial score (nSPS) is 10.7. The van der Waals surface area contributed by atoms with Crippen molar-refractivity contribution in [2.24, 2.45) is 0 Å². The molecule has 0 atom stereocenters. The average molecular weight is 410 g/mol. The number of hydrogen-bond acceptors (Lipinski definition) is 5. The topological polar surface area (TPSA) is 84.3 Å². The Kier molecular flexibility index (Phi) is 5.61. The summed E-state index contributed by atoms with van der Waals surface area (Å²) < 4.78 is 0.858. The lowest BCUT2D eigenvalue weighted by Gasteiger charge is -2.07. The van der Waals surface area contributed by atoms with E-state index in [1.165, 1.54) is 23.5 Å². The zero-order valence-corrected chi connectivity index (χ0v) is 15.6. The van der Waals surface area contributed by atoms with Gasteiger partial charge in [0.25, 0.3) is 11.6 Å². The number of nitrogens with one attached hydrogen (secondary N) is 2. The second-order valence-corrected chi connectivity index (χ2v) is 7.24. The predicted molar refractivity (Wildman–Crippen MR) is 106 cm³/mol. The van der Waals surface area contributed by atoms with E-state index in [4.69, 9.17) is 23.2 Å². The first kappa shape index (κ1) is 18.4. The molecule has 0 bridgehead atoms. The molecule has 1 amide bonds. The van der Waals surface area contributed by atoms with Crippen LogP contribution in [0.1, 0.15) is 9.67 Å². The first-order chi connectivity index (χ1) is 12.5. The molecular formula is C17H13Cl2N3O3S. The first-order valence-corrected chi connectivity index (χ1v) is 9.17. The van der Waals surface area contributed by atoms with Crippen LogP contribution in [0.15, 0.2) is 42.5 Å². The standard InChI is InChI=1S/C17H13Cl2N3O3S/c18-10-1-6-13-14(9-10)26-16(15(13)19)17(23)21-8-7-20-11-2-4-12(5-3-11)22(24)25/h1-6,9,20H,7-8H2,(H,21,23). The van der Waals surface area contributed by atoms with Gasteiger partial charge in [-0.25, -0.2) is 0 Å². The molecule has 9 heteroatoms. The number of nitrogens with zero attached hydrogens (tertiary/aromatic N) is 1. The van der Waals surface area contributed by atoms with Crippen LogP contribution in [0.4, 0.5) is 11.4 Å². The highest BCUT2D eigenvalue weighted by molar-refractivity contribution is 7.21. The smallest absolute Gasteiger partial charge is 0.269 e. The second-order valence-electron chi connectivity index (χ2n) is 5.37. The van der Waals surface area contributed by atoms with Crippen molar-refractivity contribution in [1.82, 2.24) is 5.32 Å². The lowest BCUT2D eigenvalue weighted by molar-refractivity contribution is -0.384. The molecule has 1 heterocycles. The van der Waals surface area contributed by atoms with E-state index in [9.17, 15) is 14.9 Å². The minimum Gasteiger partial charge on any atom is -0.383 e. The fraction of sp³-hybridized carbons (Fsp3) is 0.118. The summed E-state index contributed by atoms with van der Waals surface area (Å²) in [4.78, 5) is 22.9. The molecule has 6 nitrogen and oxygen atoms in total.